The summed E-state index contributed by atoms with van der Waals surface area (Å²) in [6.45, 7) is 1.85. The van der Waals surface area contributed by atoms with Crippen LogP contribution in [0.4, 0.5) is 10.1 Å². The molecule has 1 aliphatic carbocycles. The molecule has 2 aromatic carbocycles. The summed E-state index contributed by atoms with van der Waals surface area (Å²) in [5.74, 6) is -0.375. The van der Waals surface area contributed by atoms with E-state index in [9.17, 15) is 9.50 Å². The molecule has 0 spiro atoms. The summed E-state index contributed by atoms with van der Waals surface area (Å²) in [5, 5.41) is 16.3. The molecule has 4 heteroatoms. The molecule has 2 aromatic rings. The number of hydrogen-bond acceptors (Lipinski definition) is 3. The maximum Gasteiger partial charge on any atom is 0.165 e. The Kier molecular flexibility index (Phi) is 5.70. The van der Waals surface area contributed by atoms with Crippen LogP contribution in [0.15, 0.2) is 48.5 Å². The molecule has 0 aromatic heterocycles. The minimum Gasteiger partial charge on any atom is -0.505 e. The molecule has 3 rings (SSSR count). The second-order valence-electron chi connectivity index (χ2n) is 6.51. The van der Waals surface area contributed by atoms with Gasteiger partial charge >= 0.3 is 0 Å². The molecule has 0 bridgehead atoms. The zero-order valence-corrected chi connectivity index (χ0v) is 13.8. The molecule has 0 atom stereocenters. The van der Waals surface area contributed by atoms with Gasteiger partial charge in [0.05, 0.1) is 0 Å². The molecule has 24 heavy (non-hydrogen) atoms. The summed E-state index contributed by atoms with van der Waals surface area (Å²) in [6, 6.07) is 15.6. The maximum atomic E-state index is 13.5. The molecule has 3 N–H and O–H groups in total. The van der Waals surface area contributed by atoms with E-state index in [0.29, 0.717) is 12.0 Å². The van der Waals surface area contributed by atoms with Crippen LogP contribution in [0.5, 0.6) is 5.75 Å². The molecule has 128 valence electrons. The van der Waals surface area contributed by atoms with E-state index in [1.54, 1.807) is 0 Å². The number of halogens is 1. The highest BCUT2D eigenvalue weighted by Gasteiger charge is 2.22. The Morgan fingerprint density at radius 3 is 2.42 bits per heavy atom. The highest BCUT2D eigenvalue weighted by Crippen LogP contribution is 2.34. The van der Waals surface area contributed by atoms with E-state index in [-0.39, 0.29) is 5.75 Å². The predicted octanol–water partition coefficient (Wildman–Crippen LogP) is 4.26. The Morgan fingerprint density at radius 1 is 0.958 bits per heavy atom. The molecule has 1 fully saturated rings. The quantitative estimate of drug-likeness (QED) is 0.694. The lowest BCUT2D eigenvalue weighted by Crippen LogP contribution is -2.35. The number of rotatable bonds is 6. The lowest BCUT2D eigenvalue weighted by atomic mass is 9.81. The maximum absolute atomic E-state index is 13.5. The first-order valence-corrected chi connectivity index (χ1v) is 8.73. The van der Waals surface area contributed by atoms with Crippen LogP contribution in [0.25, 0.3) is 0 Å². The van der Waals surface area contributed by atoms with E-state index in [2.05, 4.69) is 22.8 Å². The van der Waals surface area contributed by atoms with Crippen LogP contribution in [-0.2, 0) is 0 Å². The van der Waals surface area contributed by atoms with E-state index < -0.39 is 5.82 Å². The normalized spacial score (nSPS) is 20.7. The lowest BCUT2D eigenvalue weighted by molar-refractivity contribution is 0.345. The van der Waals surface area contributed by atoms with Crippen molar-refractivity contribution in [1.82, 2.24) is 5.32 Å². The van der Waals surface area contributed by atoms with Gasteiger partial charge in [-0.15, -0.1) is 0 Å². The van der Waals surface area contributed by atoms with Crippen molar-refractivity contribution in [3.63, 3.8) is 0 Å². The number of phenols is 1. The third-order valence-corrected chi connectivity index (χ3v) is 4.83. The van der Waals surface area contributed by atoms with Crippen LogP contribution in [0, 0.1) is 5.82 Å². The van der Waals surface area contributed by atoms with Crippen LogP contribution in [0.3, 0.4) is 0 Å². The van der Waals surface area contributed by atoms with Gasteiger partial charge in [0.25, 0.3) is 0 Å². The van der Waals surface area contributed by atoms with Crippen molar-refractivity contribution in [2.45, 2.75) is 37.6 Å². The number of benzene rings is 2. The Bertz CT molecular complexity index is 639. The second-order valence-corrected chi connectivity index (χ2v) is 6.51. The van der Waals surface area contributed by atoms with Gasteiger partial charge in [-0.1, -0.05) is 24.3 Å². The van der Waals surface area contributed by atoms with Crippen molar-refractivity contribution in [3.05, 3.63) is 59.9 Å². The van der Waals surface area contributed by atoms with E-state index in [0.717, 1.165) is 50.0 Å². The smallest absolute Gasteiger partial charge is 0.165 e. The molecule has 0 radical (unpaired) electrons. The summed E-state index contributed by atoms with van der Waals surface area (Å²) >= 11 is 0. The van der Waals surface area contributed by atoms with Gasteiger partial charge in [-0.05, 0) is 61.4 Å². The lowest BCUT2D eigenvalue weighted by Gasteiger charge is -2.29. The largest absolute Gasteiger partial charge is 0.505 e. The fourth-order valence-electron chi connectivity index (χ4n) is 3.45. The molecular formula is C20H25FN2O. The van der Waals surface area contributed by atoms with Gasteiger partial charge < -0.3 is 15.7 Å². The molecule has 0 amide bonds. The summed E-state index contributed by atoms with van der Waals surface area (Å²) in [4.78, 5) is 0. The van der Waals surface area contributed by atoms with Crippen LogP contribution in [-0.4, -0.2) is 24.2 Å². The zero-order valence-electron chi connectivity index (χ0n) is 13.8. The first-order chi connectivity index (χ1) is 11.7. The Hall–Kier alpha value is -2.07. The van der Waals surface area contributed by atoms with Gasteiger partial charge in [-0.3, -0.25) is 0 Å². The molecule has 0 unspecified atom stereocenters. The summed E-state index contributed by atoms with van der Waals surface area (Å²) in [6.07, 6.45) is 4.35. The average molecular weight is 328 g/mol. The van der Waals surface area contributed by atoms with E-state index >= 15 is 0 Å². The summed E-state index contributed by atoms with van der Waals surface area (Å²) in [7, 11) is 0. The van der Waals surface area contributed by atoms with E-state index in [4.69, 9.17) is 0 Å². The topological polar surface area (TPSA) is 44.3 Å². The fraction of sp³-hybridized carbons (Fsp3) is 0.400. The highest BCUT2D eigenvalue weighted by atomic mass is 19.1. The molecule has 1 saturated carbocycles. The second kappa shape index (κ2) is 8.15. The molecule has 0 heterocycles. The first kappa shape index (κ1) is 16.8. The molecule has 1 aliphatic rings. The minimum absolute atomic E-state index is 0.264. The summed E-state index contributed by atoms with van der Waals surface area (Å²) in [5.41, 5.74) is 2.16. The SMILES string of the molecule is Oc1ccc(C2CCC(NCCNc3ccccc3)CC2)cc1F. The van der Waals surface area contributed by atoms with Crippen molar-refractivity contribution >= 4 is 5.69 Å². The first-order valence-electron chi connectivity index (χ1n) is 8.73. The van der Waals surface area contributed by atoms with Gasteiger partial charge in [0.1, 0.15) is 0 Å². The third-order valence-electron chi connectivity index (χ3n) is 4.83. The number of phenolic OH excluding ortho intramolecular Hbond substituents is 1. The standard InChI is InChI=1S/C20H25FN2O/c21-19-14-16(8-11-20(19)24)15-6-9-18(10-7-15)23-13-12-22-17-4-2-1-3-5-17/h1-5,8,11,14-15,18,22-24H,6-7,9-10,12-13H2. The predicted molar refractivity (Wildman–Crippen MR) is 96.0 cm³/mol. The number of nitrogens with one attached hydrogen (secondary N) is 2. The van der Waals surface area contributed by atoms with Crippen molar-refractivity contribution in [2.75, 3.05) is 18.4 Å². The molecular weight excluding hydrogens is 303 g/mol. The highest BCUT2D eigenvalue weighted by molar-refractivity contribution is 5.42. The monoisotopic (exact) mass is 328 g/mol. The van der Waals surface area contributed by atoms with Crippen molar-refractivity contribution in [2.24, 2.45) is 0 Å². The van der Waals surface area contributed by atoms with Crippen molar-refractivity contribution in [1.29, 1.82) is 0 Å². The van der Waals surface area contributed by atoms with Gasteiger partial charge in [-0.2, -0.15) is 0 Å². The zero-order chi connectivity index (χ0) is 16.8. The third kappa shape index (κ3) is 4.48. The molecule has 0 aliphatic heterocycles. The van der Waals surface area contributed by atoms with Gasteiger partial charge in [0, 0.05) is 24.8 Å². The van der Waals surface area contributed by atoms with Crippen molar-refractivity contribution in [3.8, 4) is 5.75 Å². The number of aromatic hydroxyl groups is 1. The Balaban J connectivity index is 1.38. The van der Waals surface area contributed by atoms with Crippen LogP contribution < -0.4 is 10.6 Å². The number of anilines is 1. The summed E-state index contributed by atoms with van der Waals surface area (Å²) < 4.78 is 13.5. The van der Waals surface area contributed by atoms with Crippen LogP contribution >= 0.6 is 0 Å². The number of para-hydroxylation sites is 1. The van der Waals surface area contributed by atoms with Gasteiger partial charge in [0.2, 0.25) is 0 Å². The Labute approximate surface area is 142 Å². The van der Waals surface area contributed by atoms with Gasteiger partial charge in [-0.25, -0.2) is 4.39 Å². The van der Waals surface area contributed by atoms with Crippen LogP contribution in [0.1, 0.15) is 37.2 Å². The Morgan fingerprint density at radius 2 is 1.71 bits per heavy atom. The van der Waals surface area contributed by atoms with Crippen LogP contribution in [0.2, 0.25) is 0 Å². The fourth-order valence-corrected chi connectivity index (χ4v) is 3.45. The van der Waals surface area contributed by atoms with Gasteiger partial charge in [0.15, 0.2) is 11.6 Å². The van der Waals surface area contributed by atoms with E-state index in [1.807, 2.05) is 24.3 Å². The molecule has 0 saturated heterocycles. The molecule has 3 nitrogen and oxygen atoms in total. The van der Waals surface area contributed by atoms with E-state index in [1.165, 1.54) is 12.1 Å². The average Bonchev–Trinajstić information content (AvgIpc) is 2.62. The minimum atomic E-state index is -0.514. The number of hydrogen-bond donors (Lipinski definition) is 3. The van der Waals surface area contributed by atoms with Crippen molar-refractivity contribution < 1.29 is 9.50 Å².